The lowest BCUT2D eigenvalue weighted by atomic mass is 9.63. The Morgan fingerprint density at radius 2 is 1.42 bits per heavy atom. The second kappa shape index (κ2) is 8.40. The lowest BCUT2D eigenvalue weighted by Crippen LogP contribution is -2.52. The normalized spacial score (nSPS) is 28.1. The van der Waals surface area contributed by atoms with E-state index in [0.29, 0.717) is 11.8 Å². The Labute approximate surface area is 214 Å². The number of amides is 3. The van der Waals surface area contributed by atoms with E-state index in [4.69, 9.17) is 0 Å². The first-order valence-corrected chi connectivity index (χ1v) is 12.1. The number of hydrogen-bond acceptors (Lipinski definition) is 8. The van der Waals surface area contributed by atoms with E-state index >= 15 is 0 Å². The van der Waals surface area contributed by atoms with Crippen LogP contribution in [0.3, 0.4) is 0 Å². The predicted molar refractivity (Wildman–Crippen MR) is 128 cm³/mol. The van der Waals surface area contributed by atoms with Crippen molar-refractivity contribution in [3.05, 3.63) is 92.0 Å². The molecule has 5 aliphatic rings. The number of imide groups is 1. The summed E-state index contributed by atoms with van der Waals surface area (Å²) in [5, 5.41) is 23.8. The van der Waals surface area contributed by atoms with E-state index < -0.39 is 51.7 Å². The molecule has 1 heterocycles. The van der Waals surface area contributed by atoms with Gasteiger partial charge in [0.05, 0.1) is 21.7 Å². The summed E-state index contributed by atoms with van der Waals surface area (Å²) in [6.07, 6.45) is 4.91. The fraction of sp³-hybridized carbons (Fsp3) is 0.308. The van der Waals surface area contributed by atoms with Crippen LogP contribution in [0.4, 0.5) is 11.4 Å². The minimum absolute atomic E-state index is 0.0677. The number of hydrogen-bond donors (Lipinski definition) is 0. The highest BCUT2D eigenvalue weighted by Crippen LogP contribution is 2.65. The van der Waals surface area contributed by atoms with Crippen LogP contribution in [0, 0.1) is 55.7 Å². The van der Waals surface area contributed by atoms with Crippen molar-refractivity contribution in [1.29, 1.82) is 0 Å². The van der Waals surface area contributed by atoms with Gasteiger partial charge in [0, 0.05) is 35.4 Å². The van der Waals surface area contributed by atoms with Crippen molar-refractivity contribution in [2.75, 3.05) is 6.54 Å². The number of Topliss-reactive ketones (excluding diaryl/α,β-unsaturated/α-hetero) is 1. The molecule has 38 heavy (non-hydrogen) atoms. The molecule has 2 aromatic rings. The highest BCUT2D eigenvalue weighted by molar-refractivity contribution is 6.10. The fourth-order valence-electron chi connectivity index (χ4n) is 6.31. The second-order valence-electron chi connectivity index (χ2n) is 10.0. The third kappa shape index (κ3) is 3.51. The van der Waals surface area contributed by atoms with Gasteiger partial charge in [-0.15, -0.1) is 0 Å². The van der Waals surface area contributed by atoms with Crippen molar-refractivity contribution in [1.82, 2.24) is 10.0 Å². The van der Waals surface area contributed by atoms with Gasteiger partial charge in [0.2, 0.25) is 0 Å². The van der Waals surface area contributed by atoms with Crippen LogP contribution in [0.1, 0.15) is 27.1 Å². The molecule has 12 nitrogen and oxygen atoms in total. The van der Waals surface area contributed by atoms with Gasteiger partial charge in [0.25, 0.3) is 29.1 Å². The van der Waals surface area contributed by atoms with Crippen molar-refractivity contribution < 1.29 is 29.0 Å². The van der Waals surface area contributed by atoms with Crippen LogP contribution >= 0.6 is 0 Å². The Bertz CT molecular complexity index is 1430. The molecule has 6 atom stereocenters. The van der Waals surface area contributed by atoms with Crippen molar-refractivity contribution in [2.45, 2.75) is 6.42 Å². The lowest BCUT2D eigenvalue weighted by molar-refractivity contribution is -0.385. The zero-order valence-corrected chi connectivity index (χ0v) is 19.7. The summed E-state index contributed by atoms with van der Waals surface area (Å²) in [6.45, 7) is -0.733. The number of allylic oxidation sites excluding steroid dienone is 2. The molecule has 3 fully saturated rings. The average molecular weight is 516 g/mol. The standard InChI is InChI=1S/C26H20N4O8/c31-21(14-2-1-3-16(10-14)30(37)38)12-27(24(32)13-4-6-15(7-5-13)29(35)36)28-25(33)22-17-8-9-18(20-11-19(17)20)23(22)26(28)34/h1-10,17-20,22-23H,11-12H2/t17-,18-,19-,20+,22-,23+/m0/s1. The summed E-state index contributed by atoms with van der Waals surface area (Å²) in [5.41, 5.74) is -0.727. The number of carbonyl (C=O) groups excluding carboxylic acids is 4. The second-order valence-corrected chi connectivity index (χ2v) is 10.0. The number of nitro groups is 2. The maximum absolute atomic E-state index is 13.7. The molecular weight excluding hydrogens is 496 g/mol. The number of ketones is 1. The van der Waals surface area contributed by atoms with Crippen LogP contribution in [0.15, 0.2) is 60.7 Å². The van der Waals surface area contributed by atoms with E-state index in [-0.39, 0.29) is 34.3 Å². The van der Waals surface area contributed by atoms with Crippen molar-refractivity contribution >= 4 is 34.9 Å². The van der Waals surface area contributed by atoms with Crippen LogP contribution in [-0.2, 0) is 9.59 Å². The Morgan fingerprint density at radius 3 is 1.97 bits per heavy atom. The van der Waals surface area contributed by atoms with E-state index in [2.05, 4.69) is 0 Å². The molecule has 0 unspecified atom stereocenters. The van der Waals surface area contributed by atoms with Gasteiger partial charge in [-0.3, -0.25) is 39.4 Å². The Morgan fingerprint density at radius 1 is 0.842 bits per heavy atom. The first kappa shape index (κ1) is 23.6. The SMILES string of the molecule is O=C(CN(C(=O)c1ccc([N+](=O)[O-])cc1)N1C(=O)[C@@H]2[C@H]3C=C[C@@H]([C@@H]4C[C@H]34)[C@@H]2C1=O)c1cccc([N+](=O)[O-])c1. The topological polar surface area (TPSA) is 161 Å². The molecule has 192 valence electrons. The smallest absolute Gasteiger partial charge is 0.273 e. The van der Waals surface area contributed by atoms with Crippen LogP contribution in [0.2, 0.25) is 0 Å². The number of nitrogens with zero attached hydrogens (tertiary/aromatic N) is 4. The van der Waals surface area contributed by atoms with E-state index in [1.54, 1.807) is 0 Å². The quantitative estimate of drug-likeness (QED) is 0.178. The molecule has 3 amide bonds. The molecular formula is C26H20N4O8. The third-order valence-corrected chi connectivity index (χ3v) is 8.11. The lowest BCUT2D eigenvalue weighted by Gasteiger charge is -2.37. The molecule has 7 rings (SSSR count). The number of carbonyl (C=O) groups is 4. The van der Waals surface area contributed by atoms with Crippen LogP contribution in [0.5, 0.6) is 0 Å². The number of benzene rings is 2. The maximum Gasteiger partial charge on any atom is 0.273 e. The molecule has 0 radical (unpaired) electrons. The third-order valence-electron chi connectivity index (χ3n) is 8.11. The van der Waals surface area contributed by atoms with Gasteiger partial charge < -0.3 is 0 Å². The molecule has 4 aliphatic carbocycles. The van der Waals surface area contributed by atoms with Crippen molar-refractivity contribution in [3.8, 4) is 0 Å². The zero-order chi connectivity index (χ0) is 26.9. The molecule has 0 spiro atoms. The Kier molecular flexibility index (Phi) is 5.23. The maximum atomic E-state index is 13.7. The highest BCUT2D eigenvalue weighted by Gasteiger charge is 2.68. The summed E-state index contributed by atoms with van der Waals surface area (Å²) in [6, 6.07) is 9.52. The molecule has 0 N–H and O–H groups in total. The number of nitro benzene ring substituents is 2. The largest absolute Gasteiger partial charge is 0.292 e. The van der Waals surface area contributed by atoms with Gasteiger partial charge in [0.15, 0.2) is 5.78 Å². The molecule has 2 saturated carbocycles. The van der Waals surface area contributed by atoms with E-state index in [1.165, 1.54) is 30.3 Å². The number of hydrazine groups is 1. The number of non-ortho nitro benzene ring substituents is 2. The first-order valence-electron chi connectivity index (χ1n) is 12.1. The van der Waals surface area contributed by atoms with E-state index in [9.17, 15) is 39.4 Å². The van der Waals surface area contributed by atoms with Gasteiger partial charge in [-0.1, -0.05) is 24.3 Å². The van der Waals surface area contributed by atoms with Crippen molar-refractivity contribution in [3.63, 3.8) is 0 Å². The van der Waals surface area contributed by atoms with Gasteiger partial charge in [-0.05, 0) is 42.2 Å². The molecule has 2 aromatic carbocycles. The average Bonchev–Trinajstić information content (AvgIpc) is 3.70. The summed E-state index contributed by atoms with van der Waals surface area (Å²) in [5.74, 6) is -3.53. The summed E-state index contributed by atoms with van der Waals surface area (Å²) in [4.78, 5) is 75.1. The molecule has 12 heteroatoms. The summed E-state index contributed by atoms with van der Waals surface area (Å²) < 4.78 is 0. The van der Waals surface area contributed by atoms with Gasteiger partial charge >= 0.3 is 0 Å². The Hall–Kier alpha value is -4.74. The van der Waals surface area contributed by atoms with E-state index in [0.717, 1.165) is 34.6 Å². The predicted octanol–water partition coefficient (Wildman–Crippen LogP) is 2.80. The summed E-state index contributed by atoms with van der Waals surface area (Å²) in [7, 11) is 0. The molecule has 1 aliphatic heterocycles. The molecule has 1 saturated heterocycles. The Balaban J connectivity index is 1.36. The zero-order valence-electron chi connectivity index (χ0n) is 19.7. The molecule has 0 aromatic heterocycles. The monoisotopic (exact) mass is 516 g/mol. The number of rotatable bonds is 7. The first-order chi connectivity index (χ1) is 18.2. The fourth-order valence-corrected chi connectivity index (χ4v) is 6.31. The highest BCUT2D eigenvalue weighted by atomic mass is 16.6. The summed E-state index contributed by atoms with van der Waals surface area (Å²) >= 11 is 0. The van der Waals surface area contributed by atoms with Crippen LogP contribution in [0.25, 0.3) is 0 Å². The van der Waals surface area contributed by atoms with Gasteiger partial charge in [-0.2, -0.15) is 5.01 Å². The minimum Gasteiger partial charge on any atom is -0.292 e. The molecule has 2 bridgehead atoms. The van der Waals surface area contributed by atoms with Crippen molar-refractivity contribution in [2.24, 2.45) is 35.5 Å². The van der Waals surface area contributed by atoms with Crippen LogP contribution in [-0.4, -0.2) is 49.9 Å². The van der Waals surface area contributed by atoms with Crippen LogP contribution < -0.4 is 0 Å². The van der Waals surface area contributed by atoms with E-state index in [1.807, 2.05) is 12.2 Å². The minimum atomic E-state index is -0.871. The van der Waals surface area contributed by atoms with Gasteiger partial charge in [0.1, 0.15) is 6.54 Å². The van der Waals surface area contributed by atoms with Gasteiger partial charge in [-0.25, -0.2) is 5.01 Å².